The maximum atomic E-state index is 8.30. The number of pyridine rings is 1. The average Bonchev–Trinajstić information content (AvgIpc) is 3.19. The van der Waals surface area contributed by atoms with Crippen LogP contribution in [0.15, 0.2) is 35.6 Å². The molecule has 4 heteroatoms. The monoisotopic (exact) mass is 224 g/mol. The minimum Gasteiger partial charge on any atom is -0.256 e. The summed E-state index contributed by atoms with van der Waals surface area (Å²) in [4.78, 5) is 7.14. The van der Waals surface area contributed by atoms with Crippen molar-refractivity contribution in [2.24, 2.45) is 5.11 Å². The van der Waals surface area contributed by atoms with Gasteiger partial charge in [0.2, 0.25) is 0 Å². The molecule has 0 saturated heterocycles. The summed E-state index contributed by atoms with van der Waals surface area (Å²) in [6.45, 7) is 0.368. The molecule has 1 aromatic heterocycles. The van der Waals surface area contributed by atoms with E-state index < -0.39 is 0 Å². The van der Waals surface area contributed by atoms with Gasteiger partial charge in [-0.2, -0.15) is 0 Å². The van der Waals surface area contributed by atoms with Crippen LogP contribution in [-0.2, 0) is 6.54 Å². The second-order valence-corrected chi connectivity index (χ2v) is 4.46. The Kier molecular flexibility index (Phi) is 2.42. The number of aromatic nitrogens is 1. The normalized spacial score (nSPS) is 14.6. The lowest BCUT2D eigenvalue weighted by atomic mass is 10.1. The summed E-state index contributed by atoms with van der Waals surface area (Å²) >= 11 is 0. The van der Waals surface area contributed by atoms with E-state index in [0.29, 0.717) is 6.54 Å². The van der Waals surface area contributed by atoms with Crippen LogP contribution in [0.2, 0.25) is 0 Å². The highest BCUT2D eigenvalue weighted by atomic mass is 15.1. The van der Waals surface area contributed by atoms with Crippen molar-refractivity contribution in [1.82, 2.24) is 4.98 Å². The van der Waals surface area contributed by atoms with Crippen molar-refractivity contribution >= 4 is 10.9 Å². The van der Waals surface area contributed by atoms with Gasteiger partial charge in [-0.15, -0.1) is 0 Å². The van der Waals surface area contributed by atoms with Gasteiger partial charge in [-0.05, 0) is 53.6 Å². The van der Waals surface area contributed by atoms with E-state index in [1.807, 2.05) is 0 Å². The molecule has 0 unspecified atom stereocenters. The molecule has 17 heavy (non-hydrogen) atoms. The van der Waals surface area contributed by atoms with Crippen molar-refractivity contribution in [3.05, 3.63) is 52.0 Å². The number of fused-ring (bicyclic) bond motifs is 1. The lowest BCUT2D eigenvalue weighted by Crippen LogP contribution is -1.87. The first-order chi connectivity index (χ1) is 8.36. The minimum absolute atomic E-state index is 0.368. The molecule has 0 aliphatic heterocycles. The summed E-state index contributed by atoms with van der Waals surface area (Å²) in [5.41, 5.74) is 11.7. The van der Waals surface area contributed by atoms with Crippen molar-refractivity contribution in [1.29, 1.82) is 0 Å². The largest absolute Gasteiger partial charge is 0.256 e. The second-order valence-electron chi connectivity index (χ2n) is 4.46. The van der Waals surface area contributed by atoms with Crippen LogP contribution in [-0.4, -0.2) is 4.98 Å². The van der Waals surface area contributed by atoms with Crippen molar-refractivity contribution in [2.45, 2.75) is 25.3 Å². The molecular weight excluding hydrogens is 212 g/mol. The summed E-state index contributed by atoms with van der Waals surface area (Å²) < 4.78 is 0. The quantitative estimate of drug-likeness (QED) is 0.442. The molecule has 0 radical (unpaired) electrons. The van der Waals surface area contributed by atoms with Crippen LogP contribution >= 0.6 is 0 Å². The molecule has 1 heterocycles. The third kappa shape index (κ3) is 2.08. The molecule has 1 saturated carbocycles. The Morgan fingerprint density at radius 3 is 3.00 bits per heavy atom. The molecule has 1 aliphatic carbocycles. The molecule has 1 aromatic carbocycles. The van der Waals surface area contributed by atoms with Gasteiger partial charge in [0.05, 0.1) is 12.1 Å². The van der Waals surface area contributed by atoms with Crippen molar-refractivity contribution in [3.8, 4) is 0 Å². The molecule has 2 aromatic rings. The van der Waals surface area contributed by atoms with Crippen molar-refractivity contribution in [3.63, 3.8) is 0 Å². The van der Waals surface area contributed by atoms with Gasteiger partial charge >= 0.3 is 0 Å². The Bertz CT molecular complexity index is 610. The Hall–Kier alpha value is -2.06. The van der Waals surface area contributed by atoms with Gasteiger partial charge in [-0.3, -0.25) is 4.98 Å². The lowest BCUT2D eigenvalue weighted by Gasteiger charge is -2.03. The van der Waals surface area contributed by atoms with Gasteiger partial charge < -0.3 is 0 Å². The molecule has 0 N–H and O–H groups in total. The van der Waals surface area contributed by atoms with Gasteiger partial charge in [0, 0.05) is 16.5 Å². The fourth-order valence-electron chi connectivity index (χ4n) is 2.07. The van der Waals surface area contributed by atoms with Crippen LogP contribution in [0.4, 0.5) is 0 Å². The molecule has 1 fully saturated rings. The van der Waals surface area contributed by atoms with E-state index in [9.17, 15) is 0 Å². The smallest absolute Gasteiger partial charge is 0.0702 e. The van der Waals surface area contributed by atoms with E-state index >= 15 is 0 Å². The van der Waals surface area contributed by atoms with E-state index in [0.717, 1.165) is 22.4 Å². The highest BCUT2D eigenvalue weighted by Crippen LogP contribution is 2.40. The van der Waals surface area contributed by atoms with E-state index in [4.69, 9.17) is 5.53 Å². The molecule has 4 nitrogen and oxygen atoms in total. The third-order valence-electron chi connectivity index (χ3n) is 3.13. The van der Waals surface area contributed by atoms with Gasteiger partial charge in [0.25, 0.3) is 0 Å². The zero-order valence-corrected chi connectivity index (χ0v) is 9.37. The Morgan fingerprint density at radius 2 is 2.24 bits per heavy atom. The summed E-state index contributed by atoms with van der Waals surface area (Å²) in [5.74, 6) is 0.750. The van der Waals surface area contributed by atoms with E-state index in [-0.39, 0.29) is 0 Å². The maximum Gasteiger partial charge on any atom is 0.0702 e. The number of nitrogens with zero attached hydrogens (tertiary/aromatic N) is 4. The molecule has 84 valence electrons. The van der Waals surface area contributed by atoms with Crippen LogP contribution in [0.3, 0.4) is 0 Å². The highest BCUT2D eigenvalue weighted by molar-refractivity contribution is 5.80. The first kappa shape index (κ1) is 10.1. The minimum atomic E-state index is 0.368. The van der Waals surface area contributed by atoms with Gasteiger partial charge in [-0.1, -0.05) is 11.2 Å². The van der Waals surface area contributed by atoms with Gasteiger partial charge in [0.15, 0.2) is 0 Å². The van der Waals surface area contributed by atoms with Crippen molar-refractivity contribution < 1.29 is 0 Å². The number of rotatable bonds is 3. The highest BCUT2D eigenvalue weighted by Gasteiger charge is 2.23. The molecule has 0 spiro atoms. The zero-order valence-electron chi connectivity index (χ0n) is 9.37. The molecule has 0 amide bonds. The standard InChI is InChI=1S/C13H12N4/c14-17-16-8-9-5-12-6-11(10-1-2-10)3-4-13(12)15-7-9/h3-7,10H,1-2,8H2. The van der Waals surface area contributed by atoms with E-state index in [2.05, 4.69) is 39.3 Å². The van der Waals surface area contributed by atoms with Crippen LogP contribution in [0.1, 0.15) is 29.9 Å². The molecule has 0 bridgehead atoms. The van der Waals surface area contributed by atoms with Crippen molar-refractivity contribution in [2.75, 3.05) is 0 Å². The van der Waals surface area contributed by atoms with Crippen LogP contribution in [0.25, 0.3) is 21.3 Å². The third-order valence-corrected chi connectivity index (χ3v) is 3.13. The molecule has 3 rings (SSSR count). The van der Waals surface area contributed by atoms with Crippen LogP contribution in [0.5, 0.6) is 0 Å². The zero-order chi connectivity index (χ0) is 11.7. The average molecular weight is 224 g/mol. The Morgan fingerprint density at radius 1 is 1.35 bits per heavy atom. The van der Waals surface area contributed by atoms with Crippen LogP contribution < -0.4 is 0 Å². The predicted octanol–water partition coefficient (Wildman–Crippen LogP) is 3.92. The van der Waals surface area contributed by atoms with E-state index in [1.165, 1.54) is 18.4 Å². The summed E-state index contributed by atoms with van der Waals surface area (Å²) in [6.07, 6.45) is 4.38. The molecular formula is C13H12N4. The Balaban J connectivity index is 2.02. The molecule has 0 atom stereocenters. The first-order valence-corrected chi connectivity index (χ1v) is 5.76. The second kappa shape index (κ2) is 4.07. The maximum absolute atomic E-state index is 8.30. The summed E-state index contributed by atoms with van der Waals surface area (Å²) in [7, 11) is 0. The van der Waals surface area contributed by atoms with Gasteiger partial charge in [0.1, 0.15) is 0 Å². The van der Waals surface area contributed by atoms with Crippen LogP contribution in [0, 0.1) is 0 Å². The fourth-order valence-corrected chi connectivity index (χ4v) is 2.07. The summed E-state index contributed by atoms with van der Waals surface area (Å²) in [6, 6.07) is 8.50. The Labute approximate surface area is 98.9 Å². The topological polar surface area (TPSA) is 61.7 Å². The lowest BCUT2D eigenvalue weighted by molar-refractivity contribution is 1.04. The number of hydrogen-bond donors (Lipinski definition) is 0. The SMILES string of the molecule is [N-]=[N+]=NCc1cnc2ccc(C3CC3)cc2c1. The van der Waals surface area contributed by atoms with Gasteiger partial charge in [-0.25, -0.2) is 0 Å². The summed E-state index contributed by atoms with van der Waals surface area (Å²) in [5, 5.41) is 4.70. The molecule has 1 aliphatic rings. The fraction of sp³-hybridized carbons (Fsp3) is 0.308. The first-order valence-electron chi connectivity index (χ1n) is 5.76. The van der Waals surface area contributed by atoms with E-state index in [1.54, 1.807) is 6.20 Å². The predicted molar refractivity (Wildman–Crippen MR) is 66.6 cm³/mol. The number of benzene rings is 1. The number of azide groups is 1. The number of hydrogen-bond acceptors (Lipinski definition) is 2.